The van der Waals surface area contributed by atoms with Gasteiger partial charge in [0.25, 0.3) is 0 Å². The molecule has 45 heavy (non-hydrogen) atoms. The van der Waals surface area contributed by atoms with Gasteiger partial charge in [0.1, 0.15) is 0 Å². The van der Waals surface area contributed by atoms with Crippen molar-refractivity contribution in [2.24, 2.45) is 0 Å². The van der Waals surface area contributed by atoms with Gasteiger partial charge in [0, 0.05) is 0 Å². The van der Waals surface area contributed by atoms with Crippen LogP contribution in [0.2, 0.25) is 9.26 Å². The fraction of sp³-hybridized carbons (Fsp3) is 0.317. The molecule has 4 aromatic carbocycles. The quantitative estimate of drug-likeness (QED) is 0.166. The third-order valence-corrected chi connectivity index (χ3v) is 28.2. The molecule has 4 heteroatoms. The second-order valence-corrected chi connectivity index (χ2v) is 45.4. The molecule has 0 bridgehead atoms. The Hall–Kier alpha value is -1.96. The molecule has 0 saturated heterocycles. The first-order valence-corrected chi connectivity index (χ1v) is 30.0. The standard InChI is InChI=1S/C20H21.C19H19.2CH3.2ClH.H2Si.Zr/c1-4-15-12-18-6-5-7-19(20(18)13-15)17-10-8-16(9-11-17)14(2)3;1-13(2)15-7-9-16(10-8-15)18-6-4-5-17-11-14(3)12-19(17)18;;;;;;/h5-14H,4H2,1-3H3;4-13H,1-3H3;2*1H3;2*1H;1H2;. The molecule has 2 aliphatic carbocycles. The van der Waals surface area contributed by atoms with Gasteiger partial charge in [-0.05, 0) is 0 Å². The summed E-state index contributed by atoms with van der Waals surface area (Å²) in [7, 11) is 0. The molecule has 0 aromatic heterocycles. The van der Waals surface area contributed by atoms with Gasteiger partial charge in [-0.25, -0.2) is 0 Å². The predicted octanol–water partition coefficient (Wildman–Crippen LogP) is 12.5. The van der Waals surface area contributed by atoms with E-state index in [1.54, 1.807) is 22.3 Å². The van der Waals surface area contributed by atoms with Crippen LogP contribution in [0.1, 0.15) is 100 Å². The summed E-state index contributed by atoms with van der Waals surface area (Å²) >= 11 is -3.58. The molecule has 0 amide bonds. The van der Waals surface area contributed by atoms with Crippen LogP contribution >= 0.6 is 24.8 Å². The van der Waals surface area contributed by atoms with Gasteiger partial charge in [0.2, 0.25) is 0 Å². The summed E-state index contributed by atoms with van der Waals surface area (Å²) in [5.41, 5.74) is 17.5. The van der Waals surface area contributed by atoms with Gasteiger partial charge in [-0.3, -0.25) is 0 Å². The van der Waals surface area contributed by atoms with Crippen LogP contribution < -0.4 is 0 Å². The minimum absolute atomic E-state index is 0. The number of hydrogen-bond acceptors (Lipinski definition) is 0. The molecule has 2 aliphatic rings. The normalized spacial score (nSPS) is 17.3. The van der Waals surface area contributed by atoms with Gasteiger partial charge in [-0.2, -0.15) is 0 Å². The van der Waals surface area contributed by atoms with Gasteiger partial charge in [-0.15, -0.1) is 24.8 Å². The van der Waals surface area contributed by atoms with Crippen LogP contribution in [0.25, 0.3) is 34.4 Å². The summed E-state index contributed by atoms with van der Waals surface area (Å²) in [5, 5.41) is 0. The van der Waals surface area contributed by atoms with E-state index in [-0.39, 0.29) is 24.8 Å². The number of fused-ring (bicyclic) bond motifs is 2. The monoisotopic (exact) mass is 730 g/mol. The van der Waals surface area contributed by atoms with Crippen molar-refractivity contribution in [3.63, 3.8) is 0 Å². The summed E-state index contributed by atoms with van der Waals surface area (Å²) in [6.07, 6.45) is 6.24. The van der Waals surface area contributed by atoms with Crippen molar-refractivity contribution >= 4 is 43.8 Å². The van der Waals surface area contributed by atoms with Crippen LogP contribution in [0, 0.1) is 0 Å². The summed E-state index contributed by atoms with van der Waals surface area (Å²) in [6, 6.07) is 32.8. The second-order valence-electron chi connectivity index (χ2n) is 14.9. The molecule has 2 unspecified atom stereocenters. The van der Waals surface area contributed by atoms with E-state index in [0.29, 0.717) is 19.1 Å². The zero-order valence-corrected chi connectivity index (χ0v) is 33.8. The molecule has 236 valence electrons. The van der Waals surface area contributed by atoms with Gasteiger partial charge in [0.05, 0.1) is 0 Å². The molecule has 0 fully saturated rings. The number of benzene rings is 4. The summed E-state index contributed by atoms with van der Waals surface area (Å²) in [5.74, 6) is 1.10. The topological polar surface area (TPSA) is 0 Å². The van der Waals surface area contributed by atoms with Crippen LogP contribution in [0.4, 0.5) is 0 Å². The Morgan fingerprint density at radius 1 is 0.622 bits per heavy atom. The van der Waals surface area contributed by atoms with Gasteiger partial charge < -0.3 is 0 Å². The number of hydrogen-bond donors (Lipinski definition) is 0. The Bertz CT molecular complexity index is 1840. The van der Waals surface area contributed by atoms with Crippen LogP contribution in [0.3, 0.4) is 0 Å². The molecule has 0 saturated carbocycles. The van der Waals surface area contributed by atoms with Crippen molar-refractivity contribution in [2.45, 2.75) is 76.3 Å². The minimum atomic E-state index is -3.58. The molecule has 0 spiro atoms. The van der Waals surface area contributed by atoms with Crippen molar-refractivity contribution in [1.29, 1.82) is 0 Å². The first-order chi connectivity index (χ1) is 20.4. The van der Waals surface area contributed by atoms with Crippen molar-refractivity contribution in [3.8, 4) is 22.3 Å². The fourth-order valence-corrected chi connectivity index (χ4v) is 29.2. The Kier molecular flexibility index (Phi) is 10.6. The molecular formula is C41H50Cl2SiZr. The smallest absolute Gasteiger partial charge is 0.147 e. The van der Waals surface area contributed by atoms with Crippen LogP contribution in [0.5, 0.6) is 0 Å². The Labute approximate surface area is 287 Å². The summed E-state index contributed by atoms with van der Waals surface area (Å²) < 4.78 is 6.59. The average molecular weight is 733 g/mol. The second kappa shape index (κ2) is 13.3. The van der Waals surface area contributed by atoms with Crippen molar-refractivity contribution in [3.05, 3.63) is 129 Å². The Balaban J connectivity index is 0.00000230. The van der Waals surface area contributed by atoms with Crippen molar-refractivity contribution < 1.29 is 17.4 Å². The zero-order valence-electron chi connectivity index (χ0n) is 28.3. The van der Waals surface area contributed by atoms with E-state index in [9.17, 15) is 0 Å². The molecular weight excluding hydrogens is 683 g/mol. The molecule has 0 heterocycles. The third kappa shape index (κ3) is 6.23. The first-order valence-electron chi connectivity index (χ1n) is 16.3. The molecule has 0 nitrogen and oxygen atoms in total. The van der Waals surface area contributed by atoms with Crippen molar-refractivity contribution in [2.75, 3.05) is 0 Å². The maximum absolute atomic E-state index is 3.58. The van der Waals surface area contributed by atoms with Crippen LogP contribution in [0.15, 0.2) is 96.1 Å². The summed E-state index contributed by atoms with van der Waals surface area (Å²) in [6.45, 7) is 16.3. The first kappa shape index (κ1) is 35.9. The van der Waals surface area contributed by atoms with Gasteiger partial charge in [0.15, 0.2) is 0 Å². The SMILES string of the molecule is CCC1=Cc2c(-c3ccc(C(C)C)cc3)cccc2[CH]1[Zr]([CH3])([CH3])(=[SiH2])[CH]1C(C)=Cc2c(-c3ccc(C(C)C)cc3)cccc21.Cl.Cl. The molecule has 0 radical (unpaired) electrons. The van der Waals surface area contributed by atoms with E-state index in [0.717, 1.165) is 6.42 Å². The van der Waals surface area contributed by atoms with E-state index in [4.69, 9.17) is 0 Å². The van der Waals surface area contributed by atoms with Gasteiger partial charge in [-0.1, -0.05) is 0 Å². The molecule has 0 N–H and O–H groups in total. The minimum Gasteiger partial charge on any atom is -0.147 e. The van der Waals surface area contributed by atoms with E-state index in [2.05, 4.69) is 155 Å². The Morgan fingerprint density at radius 2 is 1.04 bits per heavy atom. The van der Waals surface area contributed by atoms with E-state index in [1.165, 1.54) is 44.5 Å². The molecule has 6 rings (SSSR count). The molecule has 2 atom stereocenters. The number of allylic oxidation sites excluding steroid dienone is 2. The van der Waals surface area contributed by atoms with E-state index < -0.39 is 17.4 Å². The zero-order chi connectivity index (χ0) is 30.7. The maximum atomic E-state index is 2.76. The predicted molar refractivity (Wildman–Crippen MR) is 204 cm³/mol. The third-order valence-electron chi connectivity index (χ3n) is 10.5. The fourth-order valence-electron chi connectivity index (χ4n) is 8.47. The number of halogens is 2. The largest absolute Gasteiger partial charge is 0.147 e. The van der Waals surface area contributed by atoms with E-state index in [1.807, 2.05) is 0 Å². The molecule has 0 aliphatic heterocycles. The van der Waals surface area contributed by atoms with Crippen molar-refractivity contribution in [1.82, 2.24) is 0 Å². The van der Waals surface area contributed by atoms with E-state index >= 15 is 0 Å². The average Bonchev–Trinajstić information content (AvgIpc) is 3.55. The van der Waals surface area contributed by atoms with Crippen LogP contribution in [-0.4, -0.2) is 6.88 Å². The molecule has 4 aromatic rings. The number of rotatable bonds is 7. The van der Waals surface area contributed by atoms with Gasteiger partial charge >= 0.3 is 264 Å². The maximum Gasteiger partial charge on any atom is -0.147 e. The Morgan fingerprint density at radius 3 is 1.47 bits per heavy atom. The summed E-state index contributed by atoms with van der Waals surface area (Å²) in [4.78, 5) is 0. The van der Waals surface area contributed by atoms with Crippen LogP contribution in [-0.2, 0) is 17.4 Å².